The van der Waals surface area contributed by atoms with Crippen LogP contribution in [0.5, 0.6) is 0 Å². The Kier molecular flexibility index (Phi) is 5.74. The Morgan fingerprint density at radius 1 is 1.50 bits per heavy atom. The molecule has 2 nitrogen and oxygen atoms in total. The molecule has 0 spiro atoms. The number of rotatable bonds is 6. The van der Waals surface area contributed by atoms with Crippen LogP contribution < -0.4 is 5.32 Å². The van der Waals surface area contributed by atoms with Gasteiger partial charge < -0.3 is 10.4 Å². The molecule has 1 unspecified atom stereocenters. The van der Waals surface area contributed by atoms with Crippen LogP contribution in [0.2, 0.25) is 5.02 Å². The van der Waals surface area contributed by atoms with E-state index in [9.17, 15) is 4.39 Å². The molecule has 2 N–H and O–H groups in total. The highest BCUT2D eigenvalue weighted by molar-refractivity contribution is 6.31. The molecule has 1 rings (SSSR count). The van der Waals surface area contributed by atoms with Crippen molar-refractivity contribution < 1.29 is 9.50 Å². The minimum absolute atomic E-state index is 0.185. The maximum absolute atomic E-state index is 13.1. The molecule has 0 heterocycles. The van der Waals surface area contributed by atoms with Crippen molar-refractivity contribution in [2.75, 3.05) is 13.2 Å². The van der Waals surface area contributed by atoms with E-state index in [0.717, 1.165) is 18.5 Å². The first-order valence-electron chi connectivity index (χ1n) is 5.39. The molecule has 0 aromatic heterocycles. The average molecular weight is 246 g/mol. The number of aliphatic hydroxyl groups excluding tert-OH is 1. The van der Waals surface area contributed by atoms with Crippen LogP contribution in [0.15, 0.2) is 18.2 Å². The van der Waals surface area contributed by atoms with Gasteiger partial charge in [0, 0.05) is 13.2 Å². The molecule has 0 aliphatic heterocycles. The zero-order chi connectivity index (χ0) is 12.0. The largest absolute Gasteiger partial charge is 0.396 e. The van der Waals surface area contributed by atoms with E-state index in [0.29, 0.717) is 12.5 Å². The smallest absolute Gasteiger partial charge is 0.142 e. The normalized spacial score (nSPS) is 12.8. The summed E-state index contributed by atoms with van der Waals surface area (Å²) in [5, 5.41) is 12.1. The SMILES string of the molecule is CC(CCO)CNCc1cccc(F)c1Cl. The Hall–Kier alpha value is -0.640. The van der Waals surface area contributed by atoms with E-state index in [1.165, 1.54) is 6.07 Å². The zero-order valence-corrected chi connectivity index (χ0v) is 10.1. The predicted molar refractivity (Wildman–Crippen MR) is 64.0 cm³/mol. The molecule has 0 saturated heterocycles. The molecule has 0 fully saturated rings. The summed E-state index contributed by atoms with van der Waals surface area (Å²) in [6.07, 6.45) is 0.768. The molecule has 0 aliphatic rings. The van der Waals surface area contributed by atoms with Gasteiger partial charge in [0.2, 0.25) is 0 Å². The first kappa shape index (κ1) is 13.4. The topological polar surface area (TPSA) is 32.3 Å². The van der Waals surface area contributed by atoms with Gasteiger partial charge in [-0.25, -0.2) is 4.39 Å². The van der Waals surface area contributed by atoms with Crippen molar-refractivity contribution >= 4 is 11.6 Å². The van der Waals surface area contributed by atoms with Crippen LogP contribution in [0.4, 0.5) is 4.39 Å². The van der Waals surface area contributed by atoms with Crippen LogP contribution >= 0.6 is 11.6 Å². The summed E-state index contributed by atoms with van der Waals surface area (Å²) >= 11 is 5.81. The van der Waals surface area contributed by atoms with Crippen molar-refractivity contribution in [1.82, 2.24) is 5.32 Å². The van der Waals surface area contributed by atoms with Gasteiger partial charge in [-0.3, -0.25) is 0 Å². The lowest BCUT2D eigenvalue weighted by molar-refractivity contribution is 0.260. The first-order chi connectivity index (χ1) is 7.65. The molecule has 16 heavy (non-hydrogen) atoms. The van der Waals surface area contributed by atoms with Gasteiger partial charge in [-0.2, -0.15) is 0 Å². The molecule has 4 heteroatoms. The van der Waals surface area contributed by atoms with Gasteiger partial charge in [0.25, 0.3) is 0 Å². The minimum Gasteiger partial charge on any atom is -0.396 e. The van der Waals surface area contributed by atoms with Crippen LogP contribution in [0.25, 0.3) is 0 Å². The van der Waals surface area contributed by atoms with Crippen LogP contribution in [0.1, 0.15) is 18.9 Å². The molecular weight excluding hydrogens is 229 g/mol. The van der Waals surface area contributed by atoms with E-state index in [1.807, 2.05) is 0 Å². The first-order valence-corrected chi connectivity index (χ1v) is 5.77. The standard InChI is InChI=1S/C12H17ClFNO/c1-9(5-6-16)7-15-8-10-3-2-4-11(14)12(10)13/h2-4,9,15-16H,5-8H2,1H3. The minimum atomic E-state index is -0.385. The van der Waals surface area contributed by atoms with Crippen LogP contribution in [0, 0.1) is 11.7 Å². The maximum Gasteiger partial charge on any atom is 0.142 e. The van der Waals surface area contributed by atoms with Crippen molar-refractivity contribution in [1.29, 1.82) is 0 Å². The molecule has 0 bridgehead atoms. The quantitative estimate of drug-likeness (QED) is 0.808. The number of hydrogen-bond donors (Lipinski definition) is 2. The fourth-order valence-electron chi connectivity index (χ4n) is 1.46. The summed E-state index contributed by atoms with van der Waals surface area (Å²) in [4.78, 5) is 0. The second-order valence-electron chi connectivity index (χ2n) is 3.96. The van der Waals surface area contributed by atoms with Gasteiger partial charge in [0.05, 0.1) is 5.02 Å². The molecule has 90 valence electrons. The lowest BCUT2D eigenvalue weighted by atomic mass is 10.1. The predicted octanol–water partition coefficient (Wildman–Crippen LogP) is 2.59. The van der Waals surface area contributed by atoms with Crippen LogP contribution in [-0.2, 0) is 6.54 Å². The van der Waals surface area contributed by atoms with Crippen molar-refractivity contribution in [2.24, 2.45) is 5.92 Å². The summed E-state index contributed by atoms with van der Waals surface area (Å²) < 4.78 is 13.1. The fourth-order valence-corrected chi connectivity index (χ4v) is 1.65. The molecule has 0 radical (unpaired) electrons. The van der Waals surface area contributed by atoms with Crippen LogP contribution in [-0.4, -0.2) is 18.3 Å². The van der Waals surface area contributed by atoms with E-state index in [1.54, 1.807) is 12.1 Å². The fraction of sp³-hybridized carbons (Fsp3) is 0.500. The van der Waals surface area contributed by atoms with E-state index >= 15 is 0 Å². The Morgan fingerprint density at radius 3 is 2.94 bits per heavy atom. The van der Waals surface area contributed by atoms with Gasteiger partial charge in [0.15, 0.2) is 0 Å². The molecule has 0 amide bonds. The van der Waals surface area contributed by atoms with Crippen molar-refractivity contribution in [3.8, 4) is 0 Å². The van der Waals surface area contributed by atoms with Crippen molar-refractivity contribution in [2.45, 2.75) is 19.9 Å². The number of nitrogens with one attached hydrogen (secondary N) is 1. The molecule has 0 aliphatic carbocycles. The van der Waals surface area contributed by atoms with Crippen molar-refractivity contribution in [3.05, 3.63) is 34.6 Å². The van der Waals surface area contributed by atoms with E-state index in [-0.39, 0.29) is 17.4 Å². The number of halogens is 2. The Balaban J connectivity index is 2.40. The van der Waals surface area contributed by atoms with Gasteiger partial charge in [-0.15, -0.1) is 0 Å². The van der Waals surface area contributed by atoms with Gasteiger partial charge in [-0.05, 0) is 30.5 Å². The lowest BCUT2D eigenvalue weighted by Crippen LogP contribution is -2.21. The zero-order valence-electron chi connectivity index (χ0n) is 9.34. The molecule has 1 aromatic rings. The van der Waals surface area contributed by atoms with E-state index in [4.69, 9.17) is 16.7 Å². The van der Waals surface area contributed by atoms with Crippen molar-refractivity contribution in [3.63, 3.8) is 0 Å². The molecular formula is C12H17ClFNO. The van der Waals surface area contributed by atoms with Gasteiger partial charge >= 0.3 is 0 Å². The third kappa shape index (κ3) is 4.08. The Labute approximate surface area is 100 Å². The van der Waals surface area contributed by atoms with E-state index < -0.39 is 0 Å². The average Bonchev–Trinajstić information content (AvgIpc) is 2.25. The highest BCUT2D eigenvalue weighted by atomic mass is 35.5. The third-order valence-electron chi connectivity index (χ3n) is 2.46. The number of hydrogen-bond acceptors (Lipinski definition) is 2. The maximum atomic E-state index is 13.1. The summed E-state index contributed by atoms with van der Waals surface area (Å²) in [5.74, 6) is 0.0155. The van der Waals surface area contributed by atoms with E-state index in [2.05, 4.69) is 12.2 Å². The summed E-state index contributed by atoms with van der Waals surface area (Å²) in [6.45, 7) is 3.58. The molecule has 1 atom stereocenters. The Morgan fingerprint density at radius 2 is 2.25 bits per heavy atom. The summed E-state index contributed by atoms with van der Waals surface area (Å²) in [5.41, 5.74) is 0.762. The monoisotopic (exact) mass is 245 g/mol. The molecule has 1 aromatic carbocycles. The summed E-state index contributed by atoms with van der Waals surface area (Å²) in [6, 6.07) is 4.80. The van der Waals surface area contributed by atoms with Gasteiger partial charge in [-0.1, -0.05) is 30.7 Å². The second-order valence-corrected chi connectivity index (χ2v) is 4.34. The second kappa shape index (κ2) is 6.84. The summed E-state index contributed by atoms with van der Waals surface area (Å²) in [7, 11) is 0. The number of aliphatic hydroxyl groups is 1. The Bertz CT molecular complexity index is 333. The van der Waals surface area contributed by atoms with Crippen LogP contribution in [0.3, 0.4) is 0 Å². The lowest BCUT2D eigenvalue weighted by Gasteiger charge is -2.11. The number of benzene rings is 1. The highest BCUT2D eigenvalue weighted by Crippen LogP contribution is 2.19. The molecule has 0 saturated carbocycles. The van der Waals surface area contributed by atoms with Gasteiger partial charge in [0.1, 0.15) is 5.82 Å². The highest BCUT2D eigenvalue weighted by Gasteiger charge is 2.06. The third-order valence-corrected chi connectivity index (χ3v) is 2.88.